The molecule has 2 N–H and O–H groups in total. The van der Waals surface area contributed by atoms with Gasteiger partial charge >= 0.3 is 0 Å². The van der Waals surface area contributed by atoms with E-state index in [4.69, 9.17) is 0 Å². The van der Waals surface area contributed by atoms with Crippen LogP contribution in [0.3, 0.4) is 0 Å². The molecule has 1 unspecified atom stereocenters. The molecule has 7 heteroatoms. The Morgan fingerprint density at radius 3 is 2.65 bits per heavy atom. The van der Waals surface area contributed by atoms with Gasteiger partial charge in [-0.2, -0.15) is 0 Å². The van der Waals surface area contributed by atoms with Gasteiger partial charge in [0.05, 0.1) is 16.7 Å². The molecular weight excluding hydrogens is 283 g/mol. The Bertz CT molecular complexity index is 566. The van der Waals surface area contributed by atoms with Crippen LogP contribution < -0.4 is 10.6 Å². The molecule has 0 spiro atoms. The number of carbonyl (C=O) groups is 1. The van der Waals surface area contributed by atoms with Gasteiger partial charge in [-0.05, 0) is 43.7 Å². The monoisotopic (exact) mass is 300 g/mol. The number of hydrogen-bond acceptors (Lipinski definition) is 4. The fourth-order valence-electron chi connectivity index (χ4n) is 2.10. The van der Waals surface area contributed by atoms with Crippen molar-refractivity contribution in [3.8, 4) is 0 Å². The maximum atomic E-state index is 12.7. The number of sulfone groups is 1. The van der Waals surface area contributed by atoms with Crippen molar-refractivity contribution in [1.29, 1.82) is 0 Å². The Hall–Kier alpha value is -1.47. The standard InChI is InChI=1S/C13H17FN2O3S/c14-10-3-5-11(6-4-10)20(18,19)9-8-16-13(17)12-2-1-7-15-12/h3-6,12,15H,1-2,7-9H2,(H,16,17). The van der Waals surface area contributed by atoms with Gasteiger partial charge in [0.1, 0.15) is 5.82 Å². The number of amides is 1. The first-order valence-corrected chi connectivity index (χ1v) is 8.14. The quantitative estimate of drug-likeness (QED) is 0.775. The summed E-state index contributed by atoms with van der Waals surface area (Å²) in [5, 5.41) is 5.65. The predicted octanol–water partition coefficient (Wildman–Crippen LogP) is 0.468. The van der Waals surface area contributed by atoms with Gasteiger partial charge < -0.3 is 10.6 Å². The molecule has 110 valence electrons. The molecule has 1 heterocycles. The van der Waals surface area contributed by atoms with Gasteiger partial charge in [0.2, 0.25) is 5.91 Å². The Balaban J connectivity index is 1.86. The van der Waals surface area contributed by atoms with E-state index in [0.29, 0.717) is 0 Å². The highest BCUT2D eigenvalue weighted by Crippen LogP contribution is 2.11. The minimum absolute atomic E-state index is 0.0523. The van der Waals surface area contributed by atoms with E-state index in [1.54, 1.807) is 0 Å². The van der Waals surface area contributed by atoms with Crippen molar-refractivity contribution in [2.45, 2.75) is 23.8 Å². The molecule has 2 rings (SSSR count). The van der Waals surface area contributed by atoms with E-state index in [1.807, 2.05) is 0 Å². The lowest BCUT2D eigenvalue weighted by Gasteiger charge is -2.11. The molecule has 5 nitrogen and oxygen atoms in total. The lowest BCUT2D eigenvalue weighted by molar-refractivity contribution is -0.122. The lowest BCUT2D eigenvalue weighted by atomic mass is 10.2. The molecular formula is C13H17FN2O3S. The Morgan fingerprint density at radius 2 is 2.05 bits per heavy atom. The fraction of sp³-hybridized carbons (Fsp3) is 0.462. The molecule has 0 aliphatic carbocycles. The van der Waals surface area contributed by atoms with Gasteiger partial charge in [-0.3, -0.25) is 4.79 Å². The Labute approximate surface area is 117 Å². The van der Waals surface area contributed by atoms with Crippen LogP contribution in [0.5, 0.6) is 0 Å². The third-order valence-electron chi connectivity index (χ3n) is 3.22. The van der Waals surface area contributed by atoms with Crippen LogP contribution in [0.2, 0.25) is 0 Å². The van der Waals surface area contributed by atoms with Crippen LogP contribution in [-0.4, -0.2) is 39.2 Å². The molecule has 1 saturated heterocycles. The van der Waals surface area contributed by atoms with E-state index in [9.17, 15) is 17.6 Å². The lowest BCUT2D eigenvalue weighted by Crippen LogP contribution is -2.42. The largest absolute Gasteiger partial charge is 0.354 e. The summed E-state index contributed by atoms with van der Waals surface area (Å²) in [6.07, 6.45) is 1.72. The topological polar surface area (TPSA) is 75.3 Å². The smallest absolute Gasteiger partial charge is 0.237 e. The molecule has 1 aliphatic rings. The van der Waals surface area contributed by atoms with Gasteiger partial charge in [-0.25, -0.2) is 12.8 Å². The maximum absolute atomic E-state index is 12.7. The van der Waals surface area contributed by atoms with E-state index in [-0.39, 0.29) is 29.1 Å². The van der Waals surface area contributed by atoms with E-state index < -0.39 is 15.7 Å². The van der Waals surface area contributed by atoms with Crippen LogP contribution in [0, 0.1) is 5.82 Å². The van der Waals surface area contributed by atoms with Crippen molar-refractivity contribution in [3.05, 3.63) is 30.1 Å². The number of nitrogens with one attached hydrogen (secondary N) is 2. The molecule has 0 saturated carbocycles. The van der Waals surface area contributed by atoms with Gasteiger partial charge in [0.25, 0.3) is 0 Å². The zero-order chi connectivity index (χ0) is 14.6. The van der Waals surface area contributed by atoms with Crippen LogP contribution in [0.1, 0.15) is 12.8 Å². The van der Waals surface area contributed by atoms with Gasteiger partial charge in [-0.1, -0.05) is 0 Å². The second-order valence-electron chi connectivity index (χ2n) is 4.71. The number of rotatable bonds is 5. The molecule has 1 fully saturated rings. The summed E-state index contributed by atoms with van der Waals surface area (Å²) in [5.41, 5.74) is 0. The molecule has 0 radical (unpaired) electrons. The van der Waals surface area contributed by atoms with Crippen LogP contribution in [0.15, 0.2) is 29.2 Å². The van der Waals surface area contributed by atoms with Crippen LogP contribution >= 0.6 is 0 Å². The highest BCUT2D eigenvalue weighted by atomic mass is 32.2. The first-order chi connectivity index (χ1) is 9.49. The van der Waals surface area contributed by atoms with Crippen molar-refractivity contribution < 1.29 is 17.6 Å². The third-order valence-corrected chi connectivity index (χ3v) is 4.95. The molecule has 1 atom stereocenters. The van der Waals surface area contributed by atoms with Gasteiger partial charge in [0.15, 0.2) is 9.84 Å². The molecule has 0 aromatic heterocycles. The SMILES string of the molecule is O=C(NCCS(=O)(=O)c1ccc(F)cc1)C1CCCN1. The van der Waals surface area contributed by atoms with Crippen LogP contribution in [0.25, 0.3) is 0 Å². The Morgan fingerprint density at radius 1 is 1.35 bits per heavy atom. The van der Waals surface area contributed by atoms with Crippen molar-refractivity contribution in [2.24, 2.45) is 0 Å². The van der Waals surface area contributed by atoms with Crippen LogP contribution in [0.4, 0.5) is 4.39 Å². The normalized spacial score (nSPS) is 18.9. The number of halogens is 1. The number of benzene rings is 1. The molecule has 1 aliphatic heterocycles. The first kappa shape index (κ1) is 14.9. The molecule has 1 amide bonds. The molecule has 20 heavy (non-hydrogen) atoms. The van der Waals surface area contributed by atoms with E-state index in [1.165, 1.54) is 12.1 Å². The summed E-state index contributed by atoms with van der Waals surface area (Å²) in [4.78, 5) is 11.8. The van der Waals surface area contributed by atoms with E-state index in [0.717, 1.165) is 31.5 Å². The first-order valence-electron chi connectivity index (χ1n) is 6.48. The summed E-state index contributed by atoms with van der Waals surface area (Å²) in [7, 11) is -3.50. The third kappa shape index (κ3) is 3.77. The molecule has 1 aromatic carbocycles. The van der Waals surface area contributed by atoms with Gasteiger partial charge in [-0.15, -0.1) is 0 Å². The van der Waals surface area contributed by atoms with E-state index in [2.05, 4.69) is 10.6 Å². The second-order valence-corrected chi connectivity index (χ2v) is 6.82. The average Bonchev–Trinajstić information content (AvgIpc) is 2.93. The molecule has 0 bridgehead atoms. The summed E-state index contributed by atoms with van der Waals surface area (Å²) < 4.78 is 36.7. The van der Waals surface area contributed by atoms with Crippen molar-refractivity contribution in [1.82, 2.24) is 10.6 Å². The van der Waals surface area contributed by atoms with Crippen LogP contribution in [-0.2, 0) is 14.6 Å². The summed E-state index contributed by atoms with van der Waals surface area (Å²) in [6, 6.07) is 4.45. The summed E-state index contributed by atoms with van der Waals surface area (Å²) in [6.45, 7) is 0.864. The molecule has 1 aromatic rings. The average molecular weight is 300 g/mol. The van der Waals surface area contributed by atoms with Crippen molar-refractivity contribution in [3.63, 3.8) is 0 Å². The zero-order valence-corrected chi connectivity index (χ0v) is 11.7. The number of carbonyl (C=O) groups excluding carboxylic acids is 1. The maximum Gasteiger partial charge on any atom is 0.237 e. The van der Waals surface area contributed by atoms with Crippen molar-refractivity contribution in [2.75, 3.05) is 18.8 Å². The highest BCUT2D eigenvalue weighted by molar-refractivity contribution is 7.91. The fourth-order valence-corrected chi connectivity index (χ4v) is 3.26. The summed E-state index contributed by atoms with van der Waals surface area (Å²) in [5.74, 6) is -0.849. The zero-order valence-electron chi connectivity index (χ0n) is 10.9. The predicted molar refractivity (Wildman–Crippen MR) is 72.5 cm³/mol. The highest BCUT2D eigenvalue weighted by Gasteiger charge is 2.22. The van der Waals surface area contributed by atoms with E-state index >= 15 is 0 Å². The Kier molecular flexibility index (Phi) is 4.72. The minimum atomic E-state index is -3.50. The van der Waals surface area contributed by atoms with Gasteiger partial charge in [0, 0.05) is 6.54 Å². The number of hydrogen-bond donors (Lipinski definition) is 2. The minimum Gasteiger partial charge on any atom is -0.354 e. The van der Waals surface area contributed by atoms with Crippen molar-refractivity contribution >= 4 is 15.7 Å². The summed E-state index contributed by atoms with van der Waals surface area (Å²) >= 11 is 0. The second kappa shape index (κ2) is 6.32.